The second-order valence-corrected chi connectivity index (χ2v) is 6.99. The van der Waals surface area contributed by atoms with Crippen molar-refractivity contribution >= 4 is 5.97 Å². The van der Waals surface area contributed by atoms with Gasteiger partial charge >= 0.3 is 59.6 Å². The van der Waals surface area contributed by atoms with Gasteiger partial charge in [-0.2, -0.15) is 79.0 Å². The molecule has 0 fully saturated rings. The van der Waals surface area contributed by atoms with Crippen LogP contribution in [0.15, 0.2) is 12.7 Å². The van der Waals surface area contributed by atoms with Gasteiger partial charge in [0.2, 0.25) is 0 Å². The Morgan fingerprint density at radius 3 is 1.35 bits per heavy atom. The molecule has 0 saturated carbocycles. The molecule has 0 aromatic rings. The summed E-state index contributed by atoms with van der Waals surface area (Å²) >= 11 is 0. The van der Waals surface area contributed by atoms with Crippen molar-refractivity contribution in [3.05, 3.63) is 12.7 Å². The van der Waals surface area contributed by atoms with E-state index in [-0.39, 0.29) is 0 Å². The van der Waals surface area contributed by atoms with Crippen molar-refractivity contribution in [1.82, 2.24) is 0 Å². The lowest BCUT2D eigenvalue weighted by atomic mass is 9.85. The van der Waals surface area contributed by atoms with E-state index < -0.39 is 84.7 Å². The number of halogens is 19. The Balaban J connectivity index is 6.92. The molecule has 1 N–H and O–H groups in total. The van der Waals surface area contributed by atoms with Crippen molar-refractivity contribution in [3.63, 3.8) is 0 Å². The topological polar surface area (TPSA) is 46.5 Å². The molecule has 220 valence electrons. The van der Waals surface area contributed by atoms with Crippen LogP contribution in [0.2, 0.25) is 0 Å². The number of alkyl halides is 19. The number of carbonyl (C=O) groups excluding carboxylic acids is 1. The van der Waals surface area contributed by atoms with Crippen LogP contribution in [-0.4, -0.2) is 70.9 Å². The molecule has 0 saturated heterocycles. The molecule has 3 nitrogen and oxygen atoms in total. The molecule has 37 heavy (non-hydrogen) atoms. The largest absolute Gasteiger partial charge is 0.468 e. The Kier molecular flexibility index (Phi) is 8.70. The molecule has 0 aliphatic heterocycles. The first kappa shape index (κ1) is 34.8. The molecule has 0 rings (SSSR count). The lowest BCUT2D eigenvalue weighted by Crippen LogP contribution is -2.76. The van der Waals surface area contributed by atoms with Gasteiger partial charge in [0.25, 0.3) is 0 Å². The van der Waals surface area contributed by atoms with Gasteiger partial charge in [0, 0.05) is 6.08 Å². The zero-order valence-electron chi connectivity index (χ0n) is 16.9. The van der Waals surface area contributed by atoms with E-state index in [0.29, 0.717) is 0 Å². The van der Waals surface area contributed by atoms with E-state index in [9.17, 15) is 88.2 Å². The molecular weight excluding hydrogens is 589 g/mol. The highest BCUT2D eigenvalue weighted by molar-refractivity contribution is 5.81. The Bertz CT molecular complexity index is 859. The highest BCUT2D eigenvalue weighted by Gasteiger charge is 2.95. The first-order valence-electron chi connectivity index (χ1n) is 8.39. The normalized spacial score (nSPS) is 18.6. The molecule has 0 radical (unpaired) electrons. The van der Waals surface area contributed by atoms with Crippen LogP contribution in [0.1, 0.15) is 6.92 Å². The highest BCUT2D eigenvalue weighted by Crippen LogP contribution is 2.64. The summed E-state index contributed by atoms with van der Waals surface area (Å²) in [6.07, 6.45) is -19.6. The zero-order valence-corrected chi connectivity index (χ0v) is 16.9. The van der Waals surface area contributed by atoms with Crippen LogP contribution in [-0.2, 0) is 9.53 Å². The third kappa shape index (κ3) is 4.88. The second-order valence-electron chi connectivity index (χ2n) is 6.99. The lowest BCUT2D eigenvalue weighted by molar-refractivity contribution is -0.482. The predicted octanol–water partition coefficient (Wildman–Crippen LogP) is 6.31. The van der Waals surface area contributed by atoms with E-state index in [1.807, 2.05) is 0 Å². The van der Waals surface area contributed by atoms with Gasteiger partial charge in [-0.25, -0.2) is 9.18 Å². The maximum atomic E-state index is 13.7. The molecular formula is C15H9F19O3. The van der Waals surface area contributed by atoms with Crippen molar-refractivity contribution in [1.29, 1.82) is 0 Å². The number of aliphatic hydroxyl groups is 1. The van der Waals surface area contributed by atoms with Gasteiger partial charge in [0.05, 0.1) is 5.92 Å². The average molecular weight is 598 g/mol. The third-order valence-electron chi connectivity index (χ3n) is 4.49. The van der Waals surface area contributed by atoms with E-state index in [4.69, 9.17) is 5.11 Å². The SMILES string of the molecule is C=CC(=O)OC(F)(F)C(O)(F)C(F)(F)C(F)(F)C(F)(F)C(F)(F)C(F)(F)C(F)(F)C(F)C(C)C(F)(F)F. The number of rotatable bonds is 11. The molecule has 3 atom stereocenters. The predicted molar refractivity (Wildman–Crippen MR) is 77.1 cm³/mol. The Morgan fingerprint density at radius 2 is 1.03 bits per heavy atom. The highest BCUT2D eigenvalue weighted by atomic mass is 19.4. The molecule has 22 heteroatoms. The van der Waals surface area contributed by atoms with Gasteiger partial charge < -0.3 is 9.84 Å². The number of esters is 1. The van der Waals surface area contributed by atoms with Crippen molar-refractivity contribution in [3.8, 4) is 0 Å². The minimum Gasteiger partial charge on any atom is -0.393 e. The molecule has 0 aliphatic rings. The molecule has 0 heterocycles. The van der Waals surface area contributed by atoms with E-state index in [1.54, 1.807) is 0 Å². The van der Waals surface area contributed by atoms with Crippen LogP contribution in [0.5, 0.6) is 0 Å². The minimum atomic E-state index is -8.91. The number of hydrogen-bond acceptors (Lipinski definition) is 3. The Hall–Kier alpha value is -2.16. The fraction of sp³-hybridized carbons (Fsp3) is 0.800. The summed E-state index contributed by atoms with van der Waals surface area (Å²) in [4.78, 5) is 10.5. The number of ether oxygens (including phenoxy) is 1. The van der Waals surface area contributed by atoms with Crippen LogP contribution in [0, 0.1) is 5.92 Å². The van der Waals surface area contributed by atoms with Crippen LogP contribution in [0.25, 0.3) is 0 Å². The van der Waals surface area contributed by atoms with Gasteiger partial charge in [-0.3, -0.25) is 0 Å². The fourth-order valence-corrected chi connectivity index (χ4v) is 2.08. The van der Waals surface area contributed by atoms with Gasteiger partial charge in [0.15, 0.2) is 6.17 Å². The summed E-state index contributed by atoms with van der Waals surface area (Å²) in [5, 5.41) is 8.44. The van der Waals surface area contributed by atoms with E-state index in [2.05, 4.69) is 11.3 Å². The molecule has 0 bridgehead atoms. The summed E-state index contributed by atoms with van der Waals surface area (Å²) in [6.45, 7) is 1.53. The minimum absolute atomic E-state index is 0.485. The molecule has 0 aromatic carbocycles. The molecule has 0 aliphatic carbocycles. The third-order valence-corrected chi connectivity index (χ3v) is 4.49. The quantitative estimate of drug-likeness (QED) is 0.172. The molecule has 3 unspecified atom stereocenters. The summed E-state index contributed by atoms with van der Waals surface area (Å²) in [5.74, 6) is -66.1. The van der Waals surface area contributed by atoms with Crippen molar-refractivity contribution < 1.29 is 98.1 Å². The summed E-state index contributed by atoms with van der Waals surface area (Å²) in [7, 11) is 0. The second kappa shape index (κ2) is 9.24. The van der Waals surface area contributed by atoms with Crippen molar-refractivity contribution in [2.24, 2.45) is 5.92 Å². The van der Waals surface area contributed by atoms with E-state index in [0.717, 1.165) is 0 Å². The Morgan fingerprint density at radius 1 is 0.703 bits per heavy atom. The molecule has 0 spiro atoms. The van der Waals surface area contributed by atoms with Crippen LogP contribution >= 0.6 is 0 Å². The summed E-state index contributed by atoms with van der Waals surface area (Å²) in [6, 6.07) is 0. The van der Waals surface area contributed by atoms with E-state index in [1.165, 1.54) is 0 Å². The van der Waals surface area contributed by atoms with Crippen LogP contribution in [0.4, 0.5) is 83.4 Å². The fourth-order valence-electron chi connectivity index (χ4n) is 2.08. The molecule has 0 amide bonds. The van der Waals surface area contributed by atoms with Crippen LogP contribution in [0.3, 0.4) is 0 Å². The van der Waals surface area contributed by atoms with Crippen molar-refractivity contribution in [2.75, 3.05) is 0 Å². The van der Waals surface area contributed by atoms with Gasteiger partial charge in [-0.05, 0) is 0 Å². The smallest absolute Gasteiger partial charge is 0.393 e. The Labute approximate surface area is 190 Å². The average Bonchev–Trinajstić information content (AvgIpc) is 2.70. The number of carbonyl (C=O) groups is 1. The zero-order chi connectivity index (χ0) is 30.6. The lowest BCUT2D eigenvalue weighted by Gasteiger charge is -2.44. The van der Waals surface area contributed by atoms with Crippen molar-refractivity contribution in [2.45, 2.75) is 66.8 Å². The monoisotopic (exact) mass is 598 g/mol. The standard InChI is InChI=1S/C15H9F19O3/c1-3-5(35)37-15(33,34)14(32,36)13(30,31)12(28,29)11(26,27)10(24,25)9(22,23)7(17,18)6(16)4(2)8(19,20)21/h3-4,6,36H,1H2,2H3. The maximum Gasteiger partial charge on any atom is 0.468 e. The molecule has 0 aromatic heterocycles. The van der Waals surface area contributed by atoms with Gasteiger partial charge in [-0.15, -0.1) is 0 Å². The van der Waals surface area contributed by atoms with Gasteiger partial charge in [0.1, 0.15) is 0 Å². The first-order chi connectivity index (χ1) is 15.8. The summed E-state index contributed by atoms with van der Waals surface area (Å²) < 4.78 is 256. The number of hydrogen-bond donors (Lipinski definition) is 1. The van der Waals surface area contributed by atoms with Gasteiger partial charge in [-0.1, -0.05) is 13.5 Å². The van der Waals surface area contributed by atoms with E-state index >= 15 is 0 Å². The first-order valence-corrected chi connectivity index (χ1v) is 8.39. The summed E-state index contributed by atoms with van der Waals surface area (Å²) in [5.41, 5.74) is 0. The van der Waals surface area contributed by atoms with Crippen LogP contribution < -0.4 is 0 Å². The maximum absolute atomic E-state index is 13.7.